The Labute approximate surface area is 177 Å². The van der Waals surface area contributed by atoms with E-state index in [0.29, 0.717) is 21.3 Å². The van der Waals surface area contributed by atoms with Crippen molar-refractivity contribution < 1.29 is 14.6 Å². The van der Waals surface area contributed by atoms with Crippen molar-refractivity contribution in [1.29, 1.82) is 0 Å². The van der Waals surface area contributed by atoms with Crippen LogP contribution in [0.5, 0.6) is 11.5 Å². The lowest BCUT2D eigenvalue weighted by Gasteiger charge is -2.22. The molecule has 0 atom stereocenters. The maximum Gasteiger partial charge on any atom is 0.206 e. The summed E-state index contributed by atoms with van der Waals surface area (Å²) in [6.45, 7) is 0. The van der Waals surface area contributed by atoms with Crippen LogP contribution in [-0.4, -0.2) is 23.0 Å². The van der Waals surface area contributed by atoms with Crippen molar-refractivity contribution in [2.75, 3.05) is 17.7 Å². The largest absolute Gasteiger partial charge is 0.508 e. The normalized spacial score (nSPS) is 10.6. The van der Waals surface area contributed by atoms with Gasteiger partial charge in [0.05, 0.1) is 7.11 Å². The van der Waals surface area contributed by atoms with E-state index < -0.39 is 0 Å². The Balaban J connectivity index is 1.75. The molecule has 6 nitrogen and oxygen atoms in total. The first kappa shape index (κ1) is 19.5. The van der Waals surface area contributed by atoms with Crippen LogP contribution in [0, 0.1) is 0 Å². The minimum Gasteiger partial charge on any atom is -0.508 e. The summed E-state index contributed by atoms with van der Waals surface area (Å²) in [5, 5.41) is 10.2. The van der Waals surface area contributed by atoms with Crippen LogP contribution in [0.3, 0.4) is 0 Å². The van der Waals surface area contributed by atoms with Gasteiger partial charge in [0.25, 0.3) is 0 Å². The lowest BCUT2D eigenvalue weighted by Crippen LogP contribution is -2.09. The number of methoxy groups -OCH3 is 1. The first-order valence-corrected chi connectivity index (χ1v) is 9.97. The number of aromatic nitrogens is 1. The van der Waals surface area contributed by atoms with Crippen LogP contribution >= 0.6 is 11.3 Å². The number of hydrogen-bond donors (Lipinski definition) is 2. The van der Waals surface area contributed by atoms with Gasteiger partial charge in [0.2, 0.25) is 5.78 Å². The molecule has 1 heterocycles. The molecule has 0 unspecified atom stereocenters. The van der Waals surface area contributed by atoms with E-state index in [1.165, 1.54) is 11.3 Å². The Kier molecular flexibility index (Phi) is 5.36. The number of benzene rings is 3. The Bertz CT molecular complexity index is 1160. The number of ketones is 1. The quantitative estimate of drug-likeness (QED) is 0.422. The number of ether oxygens (including phenoxy) is 1. The number of hydrogen-bond acceptors (Lipinski definition) is 7. The van der Waals surface area contributed by atoms with Crippen molar-refractivity contribution in [3.05, 3.63) is 89.3 Å². The van der Waals surface area contributed by atoms with Gasteiger partial charge in [-0.25, -0.2) is 4.98 Å². The molecule has 0 spiro atoms. The highest BCUT2D eigenvalue weighted by Gasteiger charge is 2.23. The molecule has 3 N–H and O–H groups in total. The number of carbonyl (C=O) groups is 1. The minimum atomic E-state index is -0.197. The van der Waals surface area contributed by atoms with Crippen LogP contribution in [0.1, 0.15) is 15.2 Å². The SMILES string of the molecule is COc1ccc(C(=O)c2sc(N(c3ccccc3)c3ccc(O)cc3)nc2N)cc1. The Morgan fingerprint density at radius 3 is 2.23 bits per heavy atom. The predicted molar refractivity (Wildman–Crippen MR) is 119 cm³/mol. The highest BCUT2D eigenvalue weighted by atomic mass is 32.1. The molecule has 0 aliphatic carbocycles. The number of thiazole rings is 1. The van der Waals surface area contributed by atoms with E-state index >= 15 is 0 Å². The second-order valence-electron chi connectivity index (χ2n) is 6.46. The van der Waals surface area contributed by atoms with Crippen molar-refractivity contribution >= 4 is 39.4 Å². The third-order valence-electron chi connectivity index (χ3n) is 4.51. The molecule has 4 rings (SSSR count). The zero-order chi connectivity index (χ0) is 21.1. The molecule has 150 valence electrons. The van der Waals surface area contributed by atoms with Gasteiger partial charge in [-0.2, -0.15) is 0 Å². The Morgan fingerprint density at radius 2 is 1.60 bits per heavy atom. The zero-order valence-corrected chi connectivity index (χ0v) is 17.0. The molecule has 4 aromatic rings. The summed E-state index contributed by atoms with van der Waals surface area (Å²) < 4.78 is 5.15. The summed E-state index contributed by atoms with van der Waals surface area (Å²) in [7, 11) is 1.58. The van der Waals surface area contributed by atoms with Crippen LogP contribution in [0.2, 0.25) is 0 Å². The molecule has 0 saturated carbocycles. The van der Waals surface area contributed by atoms with Crippen molar-refractivity contribution in [2.45, 2.75) is 0 Å². The number of aromatic hydroxyl groups is 1. The maximum atomic E-state index is 13.0. The Hall–Kier alpha value is -3.84. The molecular formula is C23H19N3O3S. The van der Waals surface area contributed by atoms with Gasteiger partial charge in [0.15, 0.2) is 5.13 Å². The average molecular weight is 417 g/mol. The minimum absolute atomic E-state index is 0.167. The first-order valence-electron chi connectivity index (χ1n) is 9.16. The van der Waals surface area contributed by atoms with Gasteiger partial charge in [-0.15, -0.1) is 0 Å². The zero-order valence-electron chi connectivity index (χ0n) is 16.1. The number of nitrogens with zero attached hydrogens (tertiary/aromatic N) is 2. The summed E-state index contributed by atoms with van der Waals surface area (Å²) in [4.78, 5) is 19.8. The summed E-state index contributed by atoms with van der Waals surface area (Å²) in [6.07, 6.45) is 0. The van der Waals surface area contributed by atoms with E-state index in [4.69, 9.17) is 10.5 Å². The monoisotopic (exact) mass is 417 g/mol. The number of anilines is 4. The number of phenolic OH excluding ortho intramolecular Hbond substituents is 1. The molecule has 1 aromatic heterocycles. The smallest absolute Gasteiger partial charge is 0.206 e. The number of nitrogen functional groups attached to an aromatic ring is 1. The molecule has 0 bridgehead atoms. The molecule has 30 heavy (non-hydrogen) atoms. The lowest BCUT2D eigenvalue weighted by atomic mass is 10.1. The molecule has 0 radical (unpaired) electrons. The topological polar surface area (TPSA) is 88.7 Å². The van der Waals surface area contributed by atoms with Crippen LogP contribution in [0.15, 0.2) is 78.9 Å². The van der Waals surface area contributed by atoms with Crippen LogP contribution in [-0.2, 0) is 0 Å². The molecule has 0 saturated heterocycles. The number of rotatable bonds is 6. The van der Waals surface area contributed by atoms with Crippen LogP contribution in [0.4, 0.5) is 22.3 Å². The summed E-state index contributed by atoms with van der Waals surface area (Å²) in [5.74, 6) is 0.820. The summed E-state index contributed by atoms with van der Waals surface area (Å²) in [5.41, 5.74) is 8.30. The van der Waals surface area contributed by atoms with E-state index in [9.17, 15) is 9.90 Å². The second-order valence-corrected chi connectivity index (χ2v) is 7.43. The summed E-state index contributed by atoms with van der Waals surface area (Å²) in [6, 6.07) is 23.3. The molecule has 0 aliphatic rings. The van der Waals surface area contributed by atoms with Gasteiger partial charge in [-0.3, -0.25) is 9.69 Å². The lowest BCUT2D eigenvalue weighted by molar-refractivity contribution is 0.104. The molecule has 0 fully saturated rings. The fourth-order valence-electron chi connectivity index (χ4n) is 3.00. The van der Waals surface area contributed by atoms with E-state index in [0.717, 1.165) is 11.4 Å². The maximum absolute atomic E-state index is 13.0. The van der Waals surface area contributed by atoms with E-state index in [2.05, 4.69) is 4.98 Å². The predicted octanol–water partition coefficient (Wildman–Crippen LogP) is 5.14. The molecule has 0 aliphatic heterocycles. The van der Waals surface area contributed by atoms with Gasteiger partial charge >= 0.3 is 0 Å². The highest BCUT2D eigenvalue weighted by Crippen LogP contribution is 2.40. The molecule has 7 heteroatoms. The third-order valence-corrected chi connectivity index (χ3v) is 5.57. The van der Waals surface area contributed by atoms with Gasteiger partial charge in [-0.05, 0) is 60.7 Å². The number of carbonyl (C=O) groups excluding carboxylic acids is 1. The van der Waals surface area contributed by atoms with Crippen molar-refractivity contribution in [2.24, 2.45) is 0 Å². The van der Waals surface area contributed by atoms with Crippen LogP contribution < -0.4 is 15.4 Å². The van der Waals surface area contributed by atoms with Crippen LogP contribution in [0.25, 0.3) is 0 Å². The van der Waals surface area contributed by atoms with Gasteiger partial charge < -0.3 is 15.6 Å². The highest BCUT2D eigenvalue weighted by molar-refractivity contribution is 7.18. The Morgan fingerprint density at radius 1 is 0.967 bits per heavy atom. The number of phenols is 1. The fourth-order valence-corrected chi connectivity index (χ4v) is 3.99. The fraction of sp³-hybridized carbons (Fsp3) is 0.0435. The standard InChI is InChI=1S/C23H19N3O3S/c1-29-19-13-7-15(8-14-19)20(28)21-22(24)25-23(30-21)26(16-5-3-2-4-6-16)17-9-11-18(27)12-10-17/h2-14,27H,24H2,1H3. The van der Waals surface area contributed by atoms with E-state index in [-0.39, 0.29) is 17.4 Å². The van der Waals surface area contributed by atoms with Gasteiger partial charge in [0.1, 0.15) is 22.2 Å². The third kappa shape index (κ3) is 3.83. The molecule has 3 aromatic carbocycles. The molecule has 0 amide bonds. The first-order chi connectivity index (χ1) is 14.6. The van der Waals surface area contributed by atoms with Gasteiger partial charge in [-0.1, -0.05) is 29.5 Å². The van der Waals surface area contributed by atoms with E-state index in [1.54, 1.807) is 55.6 Å². The second kappa shape index (κ2) is 8.26. The number of nitrogens with two attached hydrogens (primary N) is 1. The van der Waals surface area contributed by atoms with Crippen molar-refractivity contribution in [3.63, 3.8) is 0 Å². The van der Waals surface area contributed by atoms with E-state index in [1.807, 2.05) is 35.2 Å². The average Bonchev–Trinajstić information content (AvgIpc) is 3.16. The van der Waals surface area contributed by atoms with Crippen molar-refractivity contribution in [3.8, 4) is 11.5 Å². The number of para-hydroxylation sites is 1. The van der Waals surface area contributed by atoms with Crippen molar-refractivity contribution in [1.82, 2.24) is 4.98 Å². The molecular weight excluding hydrogens is 398 g/mol. The summed E-state index contributed by atoms with van der Waals surface area (Å²) >= 11 is 1.22. The van der Waals surface area contributed by atoms with Gasteiger partial charge in [0, 0.05) is 16.9 Å².